The fraction of sp³-hybridized carbons (Fsp3) is 0.357. The zero-order valence-electron chi connectivity index (χ0n) is 12.0. The molecule has 0 saturated carbocycles. The van der Waals surface area contributed by atoms with Gasteiger partial charge in [0.2, 0.25) is 10.0 Å². The van der Waals surface area contributed by atoms with Crippen molar-refractivity contribution in [2.24, 2.45) is 0 Å². The van der Waals surface area contributed by atoms with Crippen molar-refractivity contribution in [3.63, 3.8) is 0 Å². The van der Waals surface area contributed by atoms with E-state index in [4.69, 9.17) is 4.74 Å². The minimum absolute atomic E-state index is 0.0263. The number of unbranched alkanes of at least 4 members (excludes halogenated alkanes) is 1. The van der Waals surface area contributed by atoms with E-state index in [0.717, 1.165) is 18.9 Å². The maximum Gasteiger partial charge on any atom is 0.244 e. The Morgan fingerprint density at radius 3 is 2.71 bits per heavy atom. The van der Waals surface area contributed by atoms with E-state index in [-0.39, 0.29) is 10.6 Å². The van der Waals surface area contributed by atoms with Gasteiger partial charge in [-0.2, -0.15) is 0 Å². The largest absolute Gasteiger partial charge is 0.545 e. The van der Waals surface area contributed by atoms with Gasteiger partial charge in [0.15, 0.2) is 0 Å². The van der Waals surface area contributed by atoms with Gasteiger partial charge in [-0.3, -0.25) is 0 Å². The van der Waals surface area contributed by atoms with Crippen molar-refractivity contribution in [3.8, 4) is 5.75 Å². The number of carboxylic acids is 1. The second kappa shape index (κ2) is 7.80. The molecular formula is C14H18NO5S-. The Morgan fingerprint density at radius 1 is 1.43 bits per heavy atom. The summed E-state index contributed by atoms with van der Waals surface area (Å²) in [5.41, 5.74) is 0.427. The van der Waals surface area contributed by atoms with Crippen LogP contribution in [-0.2, 0) is 14.8 Å². The van der Waals surface area contributed by atoms with Gasteiger partial charge in [-0.05, 0) is 30.2 Å². The third-order valence-electron chi connectivity index (χ3n) is 2.71. The van der Waals surface area contributed by atoms with E-state index in [0.29, 0.717) is 12.1 Å². The minimum Gasteiger partial charge on any atom is -0.545 e. The van der Waals surface area contributed by atoms with Gasteiger partial charge in [0.25, 0.3) is 0 Å². The minimum atomic E-state index is -3.71. The van der Waals surface area contributed by atoms with Crippen LogP contribution in [0.2, 0.25) is 0 Å². The number of sulfonamides is 1. The van der Waals surface area contributed by atoms with Crippen molar-refractivity contribution in [1.29, 1.82) is 0 Å². The normalized spacial score (nSPS) is 11.7. The fourth-order valence-electron chi connectivity index (χ4n) is 1.63. The molecule has 0 aliphatic heterocycles. The van der Waals surface area contributed by atoms with Gasteiger partial charge >= 0.3 is 0 Å². The molecule has 0 aromatic heterocycles. The quantitative estimate of drug-likeness (QED) is 0.558. The van der Waals surface area contributed by atoms with Crippen LogP contribution in [0.25, 0.3) is 6.08 Å². The highest BCUT2D eigenvalue weighted by Gasteiger charge is 2.19. The third-order valence-corrected chi connectivity index (χ3v) is 4.19. The second-order valence-electron chi connectivity index (χ2n) is 4.31. The molecule has 0 fully saturated rings. The van der Waals surface area contributed by atoms with Crippen LogP contribution in [-0.4, -0.2) is 28.0 Å². The number of nitrogens with one attached hydrogen (secondary N) is 1. The van der Waals surface area contributed by atoms with Crippen molar-refractivity contribution in [1.82, 2.24) is 4.72 Å². The lowest BCUT2D eigenvalue weighted by Crippen LogP contribution is -2.25. The van der Waals surface area contributed by atoms with Gasteiger partial charge in [0, 0.05) is 6.54 Å². The molecule has 21 heavy (non-hydrogen) atoms. The van der Waals surface area contributed by atoms with Crippen LogP contribution < -0.4 is 14.6 Å². The molecule has 0 saturated heterocycles. The summed E-state index contributed by atoms with van der Waals surface area (Å²) in [6.07, 6.45) is 3.70. The van der Waals surface area contributed by atoms with E-state index in [1.54, 1.807) is 6.07 Å². The van der Waals surface area contributed by atoms with Crippen molar-refractivity contribution >= 4 is 22.1 Å². The standard InChI is InChI=1S/C14H19NO5S/c1-3-4-9-15-21(18,19)13-10-11(6-8-14(16)17)5-7-12(13)20-2/h5-8,10,15H,3-4,9H2,1-2H3,(H,16,17)/p-1/b8-6+. The number of benzene rings is 1. The summed E-state index contributed by atoms with van der Waals surface area (Å²) in [5, 5.41) is 10.4. The van der Waals surface area contributed by atoms with Gasteiger partial charge < -0.3 is 14.6 Å². The molecule has 0 bridgehead atoms. The molecule has 116 valence electrons. The van der Waals surface area contributed by atoms with Crippen molar-refractivity contribution in [3.05, 3.63) is 29.8 Å². The van der Waals surface area contributed by atoms with Crippen LogP contribution in [0.3, 0.4) is 0 Å². The van der Waals surface area contributed by atoms with Crippen molar-refractivity contribution in [2.45, 2.75) is 24.7 Å². The molecule has 0 amide bonds. The lowest BCUT2D eigenvalue weighted by molar-refractivity contribution is -0.297. The van der Waals surface area contributed by atoms with Crippen LogP contribution in [0.4, 0.5) is 0 Å². The Hall–Kier alpha value is -1.86. The second-order valence-corrected chi connectivity index (χ2v) is 6.05. The zero-order valence-corrected chi connectivity index (χ0v) is 12.8. The molecule has 1 aromatic rings. The highest BCUT2D eigenvalue weighted by atomic mass is 32.2. The van der Waals surface area contributed by atoms with Crippen molar-refractivity contribution in [2.75, 3.05) is 13.7 Å². The molecule has 1 aromatic carbocycles. The number of carbonyl (C=O) groups is 1. The van der Waals surface area contributed by atoms with Crippen LogP contribution in [0.1, 0.15) is 25.3 Å². The number of carbonyl (C=O) groups excluding carboxylic acids is 1. The number of carboxylic acid groups (broad SMARTS) is 1. The summed E-state index contributed by atoms with van der Waals surface area (Å²) in [6, 6.07) is 4.39. The number of hydrogen-bond donors (Lipinski definition) is 1. The molecule has 0 heterocycles. The molecular weight excluding hydrogens is 294 g/mol. The predicted molar refractivity (Wildman–Crippen MR) is 77.1 cm³/mol. The van der Waals surface area contributed by atoms with E-state index in [1.165, 1.54) is 25.3 Å². The van der Waals surface area contributed by atoms with E-state index in [9.17, 15) is 18.3 Å². The summed E-state index contributed by atoms with van der Waals surface area (Å²) in [6.45, 7) is 2.29. The van der Waals surface area contributed by atoms with Crippen LogP contribution >= 0.6 is 0 Å². The zero-order chi connectivity index (χ0) is 15.9. The summed E-state index contributed by atoms with van der Waals surface area (Å²) in [4.78, 5) is 10.4. The smallest absolute Gasteiger partial charge is 0.244 e. The molecule has 0 radical (unpaired) electrons. The molecule has 0 aliphatic carbocycles. The molecule has 0 unspecified atom stereocenters. The molecule has 1 N–H and O–H groups in total. The lowest BCUT2D eigenvalue weighted by Gasteiger charge is -2.11. The summed E-state index contributed by atoms with van der Waals surface area (Å²) in [5.74, 6) is -1.15. The summed E-state index contributed by atoms with van der Waals surface area (Å²) < 4.78 is 32.0. The van der Waals surface area contributed by atoms with Crippen LogP contribution in [0, 0.1) is 0 Å². The fourth-order valence-corrected chi connectivity index (χ4v) is 2.91. The Kier molecular flexibility index (Phi) is 6.39. The van der Waals surface area contributed by atoms with Gasteiger partial charge in [-0.1, -0.05) is 25.5 Å². The van der Waals surface area contributed by atoms with Crippen LogP contribution in [0.5, 0.6) is 5.75 Å². The molecule has 0 aliphatic rings. The Labute approximate surface area is 124 Å². The Bertz CT molecular complexity index is 622. The van der Waals surface area contributed by atoms with E-state index in [2.05, 4.69) is 4.72 Å². The number of hydrogen-bond acceptors (Lipinski definition) is 5. The SMILES string of the molecule is CCCCNS(=O)(=O)c1cc(/C=C/C(=O)[O-])ccc1OC. The number of ether oxygens (including phenoxy) is 1. The number of rotatable bonds is 8. The maximum atomic E-state index is 12.2. The third kappa shape index (κ3) is 5.20. The maximum absolute atomic E-state index is 12.2. The monoisotopic (exact) mass is 312 g/mol. The first-order chi connectivity index (χ1) is 9.90. The predicted octanol–water partition coefficient (Wildman–Crippen LogP) is 0.537. The van der Waals surface area contributed by atoms with Gasteiger partial charge in [0.1, 0.15) is 10.6 Å². The van der Waals surface area contributed by atoms with Gasteiger partial charge in [0.05, 0.1) is 13.1 Å². The van der Waals surface area contributed by atoms with E-state index in [1.807, 2.05) is 6.92 Å². The molecule has 7 heteroatoms. The lowest BCUT2D eigenvalue weighted by atomic mass is 10.2. The Balaban J connectivity index is 3.13. The summed E-state index contributed by atoms with van der Waals surface area (Å²) in [7, 11) is -2.34. The van der Waals surface area contributed by atoms with E-state index < -0.39 is 16.0 Å². The highest BCUT2D eigenvalue weighted by Crippen LogP contribution is 2.25. The number of aliphatic carboxylic acids is 1. The first-order valence-corrected chi connectivity index (χ1v) is 7.95. The number of methoxy groups -OCH3 is 1. The van der Waals surface area contributed by atoms with Crippen molar-refractivity contribution < 1.29 is 23.1 Å². The Morgan fingerprint density at radius 2 is 2.14 bits per heavy atom. The van der Waals surface area contributed by atoms with Gasteiger partial charge in [-0.15, -0.1) is 0 Å². The average molecular weight is 312 g/mol. The summed E-state index contributed by atoms with van der Waals surface area (Å²) >= 11 is 0. The van der Waals surface area contributed by atoms with Crippen LogP contribution in [0.15, 0.2) is 29.2 Å². The molecule has 1 rings (SSSR count). The van der Waals surface area contributed by atoms with Gasteiger partial charge in [-0.25, -0.2) is 13.1 Å². The average Bonchev–Trinajstić information content (AvgIpc) is 2.45. The van der Waals surface area contributed by atoms with E-state index >= 15 is 0 Å². The molecule has 6 nitrogen and oxygen atoms in total. The molecule has 0 atom stereocenters. The highest BCUT2D eigenvalue weighted by molar-refractivity contribution is 7.89. The first-order valence-electron chi connectivity index (χ1n) is 6.47. The topological polar surface area (TPSA) is 95.5 Å². The molecule has 0 spiro atoms. The first kappa shape index (κ1) is 17.2.